The van der Waals surface area contributed by atoms with Crippen molar-refractivity contribution in [2.24, 2.45) is 0 Å². The van der Waals surface area contributed by atoms with Gasteiger partial charge in [-0.2, -0.15) is 5.26 Å². The molecule has 134 valence electrons. The number of halogens is 1. The Morgan fingerprint density at radius 2 is 1.85 bits per heavy atom. The third-order valence-electron chi connectivity index (χ3n) is 4.07. The van der Waals surface area contributed by atoms with Gasteiger partial charge in [-0.15, -0.1) is 11.8 Å². The molecule has 3 rings (SSSR count). The molecule has 0 N–H and O–H groups in total. The molecule has 1 aromatic heterocycles. The van der Waals surface area contributed by atoms with Gasteiger partial charge in [-0.25, -0.2) is 4.98 Å². The molecule has 2 aromatic carbocycles. The molecule has 0 atom stereocenters. The Labute approximate surface area is 168 Å². The molecule has 0 amide bonds. The minimum Gasteiger partial charge on any atom is -0.294 e. The Morgan fingerprint density at radius 1 is 1.15 bits per heavy atom. The Hall–Kier alpha value is -2.61. The highest BCUT2D eigenvalue weighted by Gasteiger charge is 2.14. The fourth-order valence-corrected chi connectivity index (χ4v) is 3.82. The van der Waals surface area contributed by atoms with Gasteiger partial charge in [0.2, 0.25) is 0 Å². The van der Waals surface area contributed by atoms with Gasteiger partial charge in [0.1, 0.15) is 11.1 Å². The fraction of sp³-hybridized carbons (Fsp3) is 0.136. The van der Waals surface area contributed by atoms with Gasteiger partial charge in [0, 0.05) is 22.0 Å². The van der Waals surface area contributed by atoms with E-state index in [0.717, 1.165) is 16.9 Å². The van der Waals surface area contributed by atoms with Crippen molar-refractivity contribution < 1.29 is 4.79 Å². The fourth-order valence-electron chi connectivity index (χ4n) is 2.67. The standard InChI is InChI=1S/C22H17ClN2OS/c1-15-11-19(12-21(26)17-7-9-18(23)10-8-17)25-22(20(15)13-24)27-14-16-5-3-2-4-6-16/h2-11H,12,14H2,1H3. The zero-order valence-corrected chi connectivity index (χ0v) is 16.3. The molecule has 0 radical (unpaired) electrons. The van der Waals surface area contributed by atoms with Crippen LogP contribution < -0.4 is 0 Å². The lowest BCUT2D eigenvalue weighted by Crippen LogP contribution is -2.07. The van der Waals surface area contributed by atoms with E-state index in [0.29, 0.717) is 26.9 Å². The molecule has 0 aliphatic heterocycles. The number of aryl methyl sites for hydroxylation is 1. The Bertz CT molecular complexity index is 995. The highest BCUT2D eigenvalue weighted by Crippen LogP contribution is 2.27. The average molecular weight is 393 g/mol. The van der Waals surface area contributed by atoms with E-state index in [4.69, 9.17) is 11.6 Å². The van der Waals surface area contributed by atoms with Crippen LogP contribution in [0.15, 0.2) is 65.7 Å². The first kappa shape index (κ1) is 19.2. The highest BCUT2D eigenvalue weighted by atomic mass is 35.5. The van der Waals surface area contributed by atoms with Gasteiger partial charge in [-0.3, -0.25) is 4.79 Å². The van der Waals surface area contributed by atoms with Gasteiger partial charge in [0.15, 0.2) is 5.78 Å². The van der Waals surface area contributed by atoms with E-state index in [1.54, 1.807) is 24.3 Å². The summed E-state index contributed by atoms with van der Waals surface area (Å²) >= 11 is 7.40. The lowest BCUT2D eigenvalue weighted by atomic mass is 10.0. The van der Waals surface area contributed by atoms with Crippen molar-refractivity contribution in [1.82, 2.24) is 4.98 Å². The third-order valence-corrected chi connectivity index (χ3v) is 5.37. The second-order valence-electron chi connectivity index (χ2n) is 6.10. The molecule has 0 fully saturated rings. The number of hydrogen-bond acceptors (Lipinski definition) is 4. The van der Waals surface area contributed by atoms with Crippen LogP contribution in [-0.2, 0) is 12.2 Å². The van der Waals surface area contributed by atoms with Crippen LogP contribution >= 0.6 is 23.4 Å². The number of benzene rings is 2. The maximum Gasteiger partial charge on any atom is 0.168 e. The lowest BCUT2D eigenvalue weighted by Gasteiger charge is -2.09. The molecule has 0 saturated carbocycles. The molecule has 5 heteroatoms. The molecule has 0 aliphatic carbocycles. The molecule has 0 bridgehead atoms. The minimum atomic E-state index is -0.0257. The summed E-state index contributed by atoms with van der Waals surface area (Å²) in [5, 5.41) is 10.8. The molecule has 1 heterocycles. The van der Waals surface area contributed by atoms with Gasteiger partial charge < -0.3 is 0 Å². The van der Waals surface area contributed by atoms with E-state index >= 15 is 0 Å². The van der Waals surface area contributed by atoms with E-state index in [1.165, 1.54) is 11.8 Å². The van der Waals surface area contributed by atoms with Crippen LogP contribution in [0.2, 0.25) is 5.02 Å². The summed E-state index contributed by atoms with van der Waals surface area (Å²) < 4.78 is 0. The maximum absolute atomic E-state index is 12.5. The molecule has 3 aromatic rings. The predicted molar refractivity (Wildman–Crippen MR) is 109 cm³/mol. The van der Waals surface area contributed by atoms with E-state index in [1.807, 2.05) is 43.3 Å². The van der Waals surface area contributed by atoms with Crippen LogP contribution in [0, 0.1) is 18.3 Å². The first-order valence-corrected chi connectivity index (χ1v) is 9.79. The summed E-state index contributed by atoms with van der Waals surface area (Å²) in [6.07, 6.45) is 0.188. The predicted octanol–water partition coefficient (Wildman–Crippen LogP) is 5.63. The molecule has 3 nitrogen and oxygen atoms in total. The number of pyridine rings is 1. The molecule has 0 saturated heterocycles. The SMILES string of the molecule is Cc1cc(CC(=O)c2ccc(Cl)cc2)nc(SCc2ccccc2)c1C#N. The number of hydrogen-bond donors (Lipinski definition) is 0. The van der Waals surface area contributed by atoms with E-state index < -0.39 is 0 Å². The number of nitrogens with zero attached hydrogens (tertiary/aromatic N) is 2. The van der Waals surface area contributed by atoms with E-state index in [-0.39, 0.29) is 12.2 Å². The number of carbonyl (C=O) groups is 1. The zero-order chi connectivity index (χ0) is 19.2. The summed E-state index contributed by atoms with van der Waals surface area (Å²) in [5.41, 5.74) is 3.83. The lowest BCUT2D eigenvalue weighted by molar-refractivity contribution is 0.0992. The van der Waals surface area contributed by atoms with Crippen molar-refractivity contribution in [2.45, 2.75) is 24.1 Å². The van der Waals surface area contributed by atoms with Gasteiger partial charge >= 0.3 is 0 Å². The van der Waals surface area contributed by atoms with E-state index in [2.05, 4.69) is 11.1 Å². The quantitative estimate of drug-likeness (QED) is 0.402. The number of Topliss-reactive ketones (excluding diaryl/α,β-unsaturated/α-hetero) is 1. The normalized spacial score (nSPS) is 10.4. The topological polar surface area (TPSA) is 53.8 Å². The molecule has 0 spiro atoms. The summed E-state index contributed by atoms with van der Waals surface area (Å²) in [4.78, 5) is 17.1. The van der Waals surface area contributed by atoms with Gasteiger partial charge in [0.05, 0.1) is 12.0 Å². The number of thioether (sulfide) groups is 1. The summed E-state index contributed by atoms with van der Waals surface area (Å²) in [7, 11) is 0. The van der Waals surface area contributed by atoms with Crippen LogP contribution in [0.4, 0.5) is 0 Å². The van der Waals surface area contributed by atoms with Crippen molar-refractivity contribution in [3.05, 3.63) is 93.6 Å². The minimum absolute atomic E-state index is 0.0257. The maximum atomic E-state index is 12.5. The van der Waals surface area contributed by atoms with Crippen LogP contribution in [0.3, 0.4) is 0 Å². The summed E-state index contributed by atoms with van der Waals surface area (Å²) in [6, 6.07) is 20.9. The number of rotatable bonds is 6. The van der Waals surface area contributed by atoms with Crippen LogP contribution in [0.1, 0.15) is 32.7 Å². The summed E-state index contributed by atoms with van der Waals surface area (Å²) in [5.74, 6) is 0.693. The number of aromatic nitrogens is 1. The van der Waals surface area contributed by atoms with Crippen molar-refractivity contribution >= 4 is 29.1 Å². The van der Waals surface area contributed by atoms with Crippen molar-refractivity contribution in [3.8, 4) is 6.07 Å². The number of nitriles is 1. The molecular weight excluding hydrogens is 376 g/mol. The monoisotopic (exact) mass is 392 g/mol. The molecule has 0 aliphatic rings. The van der Waals surface area contributed by atoms with Gasteiger partial charge in [0.25, 0.3) is 0 Å². The zero-order valence-electron chi connectivity index (χ0n) is 14.8. The van der Waals surface area contributed by atoms with Crippen molar-refractivity contribution in [1.29, 1.82) is 5.26 Å². The van der Waals surface area contributed by atoms with Crippen LogP contribution in [0.25, 0.3) is 0 Å². The first-order valence-electron chi connectivity index (χ1n) is 8.43. The Kier molecular flexibility index (Phi) is 6.28. The first-order chi connectivity index (χ1) is 13.1. The van der Waals surface area contributed by atoms with Crippen LogP contribution in [0.5, 0.6) is 0 Å². The van der Waals surface area contributed by atoms with Gasteiger partial charge in [-0.1, -0.05) is 41.9 Å². The Balaban J connectivity index is 1.82. The van der Waals surface area contributed by atoms with E-state index in [9.17, 15) is 10.1 Å². The second-order valence-corrected chi connectivity index (χ2v) is 7.50. The van der Waals surface area contributed by atoms with Crippen LogP contribution in [-0.4, -0.2) is 10.8 Å². The number of carbonyl (C=O) groups excluding carboxylic acids is 1. The van der Waals surface area contributed by atoms with Crippen molar-refractivity contribution in [3.63, 3.8) is 0 Å². The Morgan fingerprint density at radius 3 is 2.52 bits per heavy atom. The summed E-state index contributed by atoms with van der Waals surface area (Å²) in [6.45, 7) is 1.88. The molecule has 27 heavy (non-hydrogen) atoms. The number of ketones is 1. The molecular formula is C22H17ClN2OS. The second kappa shape index (κ2) is 8.85. The smallest absolute Gasteiger partial charge is 0.168 e. The average Bonchev–Trinajstić information content (AvgIpc) is 2.67. The third kappa shape index (κ3) is 4.97. The van der Waals surface area contributed by atoms with Gasteiger partial charge in [-0.05, 0) is 48.4 Å². The molecule has 0 unspecified atom stereocenters. The van der Waals surface area contributed by atoms with Crippen molar-refractivity contribution in [2.75, 3.05) is 0 Å². The largest absolute Gasteiger partial charge is 0.294 e. The highest BCUT2D eigenvalue weighted by molar-refractivity contribution is 7.98.